The molecule has 5 rings (SSSR count). The van der Waals surface area contributed by atoms with Gasteiger partial charge in [-0.05, 0) is 43.4 Å². The highest BCUT2D eigenvalue weighted by atomic mass is 16.2. The topological polar surface area (TPSA) is 81.8 Å². The lowest BCUT2D eigenvalue weighted by atomic mass is 9.88. The molecule has 7 heteroatoms. The SMILES string of the molecule is O=C1CCC(N2Cc3cccc(CN4CCC5(CCCCN5)C4)c3C2=O)C(=O)N1. The minimum atomic E-state index is -0.554. The first-order valence-corrected chi connectivity index (χ1v) is 10.8. The molecule has 0 aliphatic carbocycles. The predicted octanol–water partition coefficient (Wildman–Crippen LogP) is 1.17. The van der Waals surface area contributed by atoms with E-state index in [0.29, 0.717) is 13.0 Å². The van der Waals surface area contributed by atoms with E-state index < -0.39 is 6.04 Å². The van der Waals surface area contributed by atoms with E-state index in [4.69, 9.17) is 0 Å². The zero-order valence-electron chi connectivity index (χ0n) is 16.7. The summed E-state index contributed by atoms with van der Waals surface area (Å²) in [4.78, 5) is 41.1. The maximum absolute atomic E-state index is 13.2. The third-order valence-electron chi connectivity index (χ3n) is 7.05. The molecule has 154 valence electrons. The molecular weight excluding hydrogens is 368 g/mol. The van der Waals surface area contributed by atoms with Gasteiger partial charge in [-0.15, -0.1) is 0 Å². The van der Waals surface area contributed by atoms with Crippen LogP contribution in [0.2, 0.25) is 0 Å². The van der Waals surface area contributed by atoms with Gasteiger partial charge < -0.3 is 10.2 Å². The predicted molar refractivity (Wildman–Crippen MR) is 107 cm³/mol. The van der Waals surface area contributed by atoms with Crippen molar-refractivity contribution in [2.45, 2.75) is 63.2 Å². The van der Waals surface area contributed by atoms with Crippen LogP contribution in [-0.2, 0) is 22.7 Å². The molecule has 1 spiro atoms. The molecule has 3 saturated heterocycles. The molecule has 1 aromatic carbocycles. The summed E-state index contributed by atoms with van der Waals surface area (Å²) >= 11 is 0. The third-order valence-corrected chi connectivity index (χ3v) is 7.05. The number of likely N-dealkylation sites (tertiary alicyclic amines) is 1. The van der Waals surface area contributed by atoms with E-state index >= 15 is 0 Å². The molecular formula is C22H28N4O3. The summed E-state index contributed by atoms with van der Waals surface area (Å²) in [5.74, 6) is -0.681. The Bertz CT molecular complexity index is 862. The lowest BCUT2D eigenvalue weighted by molar-refractivity contribution is -0.136. The van der Waals surface area contributed by atoms with Gasteiger partial charge in [-0.1, -0.05) is 24.6 Å². The first-order valence-electron chi connectivity index (χ1n) is 10.8. The fraction of sp³-hybridized carbons (Fsp3) is 0.591. The number of carbonyl (C=O) groups excluding carboxylic acids is 3. The van der Waals surface area contributed by atoms with Crippen molar-refractivity contribution in [3.05, 3.63) is 34.9 Å². The van der Waals surface area contributed by atoms with Crippen LogP contribution in [0.3, 0.4) is 0 Å². The summed E-state index contributed by atoms with van der Waals surface area (Å²) in [6.07, 6.45) is 5.64. The van der Waals surface area contributed by atoms with Gasteiger partial charge in [-0.2, -0.15) is 0 Å². The third kappa shape index (κ3) is 3.36. The molecule has 0 radical (unpaired) electrons. The highest BCUT2D eigenvalue weighted by molar-refractivity contribution is 6.05. The fourth-order valence-corrected chi connectivity index (χ4v) is 5.53. The van der Waals surface area contributed by atoms with Gasteiger partial charge in [-0.25, -0.2) is 0 Å². The summed E-state index contributed by atoms with van der Waals surface area (Å²) < 4.78 is 0. The number of fused-ring (bicyclic) bond motifs is 1. The van der Waals surface area contributed by atoms with Crippen molar-refractivity contribution in [2.24, 2.45) is 0 Å². The molecule has 2 atom stereocenters. The van der Waals surface area contributed by atoms with Crippen LogP contribution in [0, 0.1) is 0 Å². The number of piperidine rings is 2. The van der Waals surface area contributed by atoms with Crippen LogP contribution in [-0.4, -0.2) is 58.7 Å². The van der Waals surface area contributed by atoms with Crippen LogP contribution in [0.4, 0.5) is 0 Å². The van der Waals surface area contributed by atoms with Crippen molar-refractivity contribution in [2.75, 3.05) is 19.6 Å². The number of rotatable bonds is 3. The Hall–Kier alpha value is -2.25. The van der Waals surface area contributed by atoms with E-state index in [1.54, 1.807) is 4.90 Å². The fourth-order valence-electron chi connectivity index (χ4n) is 5.53. The van der Waals surface area contributed by atoms with Crippen molar-refractivity contribution >= 4 is 17.7 Å². The molecule has 3 fully saturated rings. The standard InChI is InChI=1S/C22H28N4O3/c27-18-7-6-17(20(28)24-18)26-13-16-5-3-4-15(19(16)21(26)29)12-25-11-9-22(14-25)8-1-2-10-23-22/h3-5,17,23H,1-2,6-14H2,(H,24,27,28). The van der Waals surface area contributed by atoms with Crippen molar-refractivity contribution in [3.8, 4) is 0 Å². The number of hydrogen-bond acceptors (Lipinski definition) is 5. The molecule has 4 aliphatic heterocycles. The minimum Gasteiger partial charge on any atom is -0.322 e. The highest BCUT2D eigenvalue weighted by Crippen LogP contribution is 2.33. The second-order valence-corrected chi connectivity index (χ2v) is 8.98. The summed E-state index contributed by atoms with van der Waals surface area (Å²) in [7, 11) is 0. The van der Waals surface area contributed by atoms with Gasteiger partial charge in [0.05, 0.1) is 0 Å². The minimum absolute atomic E-state index is 0.0743. The summed E-state index contributed by atoms with van der Waals surface area (Å²) in [6.45, 7) is 4.39. The highest BCUT2D eigenvalue weighted by Gasteiger charge is 2.42. The Morgan fingerprint density at radius 3 is 2.83 bits per heavy atom. The van der Waals surface area contributed by atoms with E-state index in [1.165, 1.54) is 25.7 Å². The average Bonchev–Trinajstić information content (AvgIpc) is 3.24. The molecule has 7 nitrogen and oxygen atoms in total. The molecule has 0 aromatic heterocycles. The van der Waals surface area contributed by atoms with Crippen molar-refractivity contribution in [3.63, 3.8) is 0 Å². The van der Waals surface area contributed by atoms with Gasteiger partial charge in [-0.3, -0.25) is 24.6 Å². The van der Waals surface area contributed by atoms with E-state index in [2.05, 4.69) is 15.5 Å². The number of nitrogens with one attached hydrogen (secondary N) is 2. The van der Waals surface area contributed by atoms with Crippen molar-refractivity contribution < 1.29 is 14.4 Å². The molecule has 4 aliphatic rings. The van der Waals surface area contributed by atoms with Crippen LogP contribution >= 0.6 is 0 Å². The van der Waals surface area contributed by atoms with Crippen molar-refractivity contribution in [1.82, 2.24) is 20.4 Å². The normalized spacial score (nSPS) is 30.1. The smallest absolute Gasteiger partial charge is 0.255 e. The lowest BCUT2D eigenvalue weighted by Gasteiger charge is -2.35. The monoisotopic (exact) mass is 396 g/mol. The van der Waals surface area contributed by atoms with Crippen LogP contribution in [0.1, 0.15) is 60.0 Å². The molecule has 3 amide bonds. The molecule has 0 bridgehead atoms. The summed E-state index contributed by atoms with van der Waals surface area (Å²) in [5, 5.41) is 6.11. The number of carbonyl (C=O) groups is 3. The molecule has 4 heterocycles. The van der Waals surface area contributed by atoms with E-state index in [-0.39, 0.29) is 29.7 Å². The second-order valence-electron chi connectivity index (χ2n) is 8.98. The van der Waals surface area contributed by atoms with Gasteiger partial charge in [0, 0.05) is 43.7 Å². The Morgan fingerprint density at radius 2 is 2.03 bits per heavy atom. The van der Waals surface area contributed by atoms with Gasteiger partial charge in [0.1, 0.15) is 6.04 Å². The van der Waals surface area contributed by atoms with E-state index in [1.807, 2.05) is 18.2 Å². The Balaban J connectivity index is 1.33. The first-order chi connectivity index (χ1) is 14.0. The molecule has 2 N–H and O–H groups in total. The Morgan fingerprint density at radius 1 is 1.14 bits per heavy atom. The van der Waals surface area contributed by atoms with Crippen LogP contribution in [0.15, 0.2) is 18.2 Å². The number of imide groups is 1. The van der Waals surface area contributed by atoms with Gasteiger partial charge in [0.15, 0.2) is 0 Å². The molecule has 1 aromatic rings. The first kappa shape index (κ1) is 18.8. The van der Waals surface area contributed by atoms with Crippen LogP contribution in [0.25, 0.3) is 0 Å². The molecule has 2 unspecified atom stereocenters. The average molecular weight is 396 g/mol. The summed E-state index contributed by atoms with van der Waals surface area (Å²) in [5.41, 5.74) is 3.05. The number of amides is 3. The Labute approximate surface area is 170 Å². The van der Waals surface area contributed by atoms with Gasteiger partial charge >= 0.3 is 0 Å². The van der Waals surface area contributed by atoms with Gasteiger partial charge in [0.25, 0.3) is 5.91 Å². The summed E-state index contributed by atoms with van der Waals surface area (Å²) in [6, 6.07) is 5.49. The van der Waals surface area contributed by atoms with Crippen LogP contribution in [0.5, 0.6) is 0 Å². The number of hydrogen-bond donors (Lipinski definition) is 2. The number of benzene rings is 1. The zero-order chi connectivity index (χ0) is 20.0. The lowest BCUT2D eigenvalue weighted by Crippen LogP contribution is -2.52. The Kier molecular flexibility index (Phi) is 4.67. The molecule has 29 heavy (non-hydrogen) atoms. The second kappa shape index (κ2) is 7.22. The zero-order valence-corrected chi connectivity index (χ0v) is 16.7. The number of nitrogens with zero attached hydrogens (tertiary/aromatic N) is 2. The maximum Gasteiger partial charge on any atom is 0.255 e. The van der Waals surface area contributed by atoms with Crippen LogP contribution < -0.4 is 10.6 Å². The molecule has 0 saturated carbocycles. The van der Waals surface area contributed by atoms with Crippen molar-refractivity contribution in [1.29, 1.82) is 0 Å². The van der Waals surface area contributed by atoms with E-state index in [0.717, 1.165) is 42.9 Å². The van der Waals surface area contributed by atoms with Gasteiger partial charge in [0.2, 0.25) is 11.8 Å². The quantitative estimate of drug-likeness (QED) is 0.750. The largest absolute Gasteiger partial charge is 0.322 e. The van der Waals surface area contributed by atoms with E-state index in [9.17, 15) is 14.4 Å². The maximum atomic E-state index is 13.2.